The molecule has 2 N–H and O–H groups in total. The third-order valence-corrected chi connectivity index (χ3v) is 5.29. The highest BCUT2D eigenvalue weighted by atomic mass is 16.5. The molecule has 2 heterocycles. The Hall–Kier alpha value is -2.41. The molecule has 0 radical (unpaired) electrons. The average molecular weight is 372 g/mol. The van der Waals surface area contributed by atoms with E-state index in [0.717, 1.165) is 48.1 Å². The molecule has 1 fully saturated rings. The van der Waals surface area contributed by atoms with Crippen LogP contribution in [0.4, 0.5) is 0 Å². The van der Waals surface area contributed by atoms with Gasteiger partial charge in [-0.2, -0.15) is 0 Å². The second-order valence-electron chi connectivity index (χ2n) is 7.40. The highest BCUT2D eigenvalue weighted by Crippen LogP contribution is 2.33. The lowest BCUT2D eigenvalue weighted by Gasteiger charge is -2.29. The van der Waals surface area contributed by atoms with Crippen molar-refractivity contribution in [3.05, 3.63) is 29.6 Å². The number of hydrogen-bond donors (Lipinski definition) is 2. The first kappa shape index (κ1) is 19.4. The van der Waals surface area contributed by atoms with Gasteiger partial charge in [0.15, 0.2) is 0 Å². The van der Waals surface area contributed by atoms with E-state index in [1.807, 2.05) is 24.0 Å². The number of H-pyrrole nitrogens is 1. The maximum atomic E-state index is 13.2. The number of benzene rings is 1. The van der Waals surface area contributed by atoms with Crippen LogP contribution < -0.4 is 0 Å². The van der Waals surface area contributed by atoms with E-state index in [4.69, 9.17) is 4.98 Å². The molecule has 0 saturated carbocycles. The molecule has 146 valence electrons. The maximum Gasteiger partial charge on any atom is 0.233 e. The summed E-state index contributed by atoms with van der Waals surface area (Å²) in [5.74, 6) is 0.405. The molecule has 2 atom stereocenters. The Labute approximate surface area is 159 Å². The largest absolute Gasteiger partial charge is 0.340 e. The number of amides is 2. The van der Waals surface area contributed by atoms with Gasteiger partial charge in [-0.05, 0) is 43.9 Å². The minimum atomic E-state index is -0.396. The molecule has 1 saturated heterocycles. The molecule has 1 aliphatic heterocycles. The van der Waals surface area contributed by atoms with Crippen LogP contribution >= 0.6 is 0 Å². The van der Waals surface area contributed by atoms with E-state index in [0.29, 0.717) is 24.4 Å². The van der Waals surface area contributed by atoms with E-state index in [9.17, 15) is 14.8 Å². The predicted molar refractivity (Wildman–Crippen MR) is 102 cm³/mol. The Morgan fingerprint density at radius 2 is 2.33 bits per heavy atom. The van der Waals surface area contributed by atoms with Gasteiger partial charge in [0, 0.05) is 6.54 Å². The average Bonchev–Trinajstić information content (AvgIpc) is 3.30. The molecular formula is C20H28N4O3. The van der Waals surface area contributed by atoms with Crippen LogP contribution in [0.2, 0.25) is 0 Å². The lowest BCUT2D eigenvalue weighted by atomic mass is 9.99. The number of nitrogens with zero attached hydrogens (tertiary/aromatic N) is 3. The number of rotatable bonds is 8. The number of imidazole rings is 1. The molecule has 0 bridgehead atoms. The summed E-state index contributed by atoms with van der Waals surface area (Å²) < 4.78 is 0. The predicted octanol–water partition coefficient (Wildman–Crippen LogP) is 3.19. The Balaban J connectivity index is 1.81. The smallest absolute Gasteiger partial charge is 0.233 e. The molecule has 0 spiro atoms. The molecule has 3 rings (SSSR count). The van der Waals surface area contributed by atoms with Gasteiger partial charge < -0.3 is 9.88 Å². The molecule has 2 amide bonds. The van der Waals surface area contributed by atoms with Crippen LogP contribution in [0.25, 0.3) is 11.0 Å². The SMILES string of the molecule is CCCC[C@@H](CN(O)C=O)C(=O)N1CCC[C@H]1c1nc2ccc(C)cc2[nH]1. The van der Waals surface area contributed by atoms with Crippen LogP contribution in [0.1, 0.15) is 56.5 Å². The summed E-state index contributed by atoms with van der Waals surface area (Å²) in [5.41, 5.74) is 3.04. The summed E-state index contributed by atoms with van der Waals surface area (Å²) in [6.45, 7) is 4.81. The van der Waals surface area contributed by atoms with E-state index in [2.05, 4.69) is 18.0 Å². The first-order chi connectivity index (χ1) is 13.0. The third-order valence-electron chi connectivity index (χ3n) is 5.29. The zero-order valence-corrected chi connectivity index (χ0v) is 16.0. The Kier molecular flexibility index (Phi) is 6.11. The molecule has 0 aliphatic carbocycles. The molecule has 7 nitrogen and oxygen atoms in total. The summed E-state index contributed by atoms with van der Waals surface area (Å²) in [6, 6.07) is 5.99. The molecule has 7 heteroatoms. The van der Waals surface area contributed by atoms with Gasteiger partial charge in [0.1, 0.15) is 5.82 Å². The number of aryl methyl sites for hydroxylation is 1. The lowest BCUT2D eigenvalue weighted by Crippen LogP contribution is -2.40. The maximum absolute atomic E-state index is 13.2. The van der Waals surface area contributed by atoms with Crippen molar-refractivity contribution >= 4 is 23.4 Å². The highest BCUT2D eigenvalue weighted by Gasteiger charge is 2.35. The van der Waals surface area contributed by atoms with Gasteiger partial charge in [0.05, 0.1) is 29.5 Å². The van der Waals surface area contributed by atoms with Crippen molar-refractivity contribution in [2.24, 2.45) is 5.92 Å². The third kappa shape index (κ3) is 4.30. The van der Waals surface area contributed by atoms with Crippen LogP contribution in [-0.2, 0) is 9.59 Å². The van der Waals surface area contributed by atoms with E-state index in [1.54, 1.807) is 0 Å². The van der Waals surface area contributed by atoms with E-state index < -0.39 is 5.92 Å². The molecule has 1 aromatic carbocycles. The van der Waals surface area contributed by atoms with Gasteiger partial charge in [-0.3, -0.25) is 14.8 Å². The second kappa shape index (κ2) is 8.52. The number of carbonyl (C=O) groups excluding carboxylic acids is 2. The number of hydroxylamine groups is 2. The Bertz CT molecular complexity index is 804. The second-order valence-corrected chi connectivity index (χ2v) is 7.40. The zero-order chi connectivity index (χ0) is 19.4. The number of carbonyl (C=O) groups is 2. The van der Waals surface area contributed by atoms with Crippen LogP contribution in [0.5, 0.6) is 0 Å². The molecule has 1 aliphatic rings. The van der Waals surface area contributed by atoms with E-state index in [-0.39, 0.29) is 18.5 Å². The van der Waals surface area contributed by atoms with E-state index in [1.165, 1.54) is 0 Å². The summed E-state index contributed by atoms with van der Waals surface area (Å²) in [6.07, 6.45) is 4.64. The summed E-state index contributed by atoms with van der Waals surface area (Å²) in [5, 5.41) is 10.2. The quantitative estimate of drug-likeness (QED) is 0.423. The first-order valence-corrected chi connectivity index (χ1v) is 9.71. The number of fused-ring (bicyclic) bond motifs is 1. The highest BCUT2D eigenvalue weighted by molar-refractivity contribution is 5.80. The van der Waals surface area contributed by atoms with Crippen LogP contribution in [0.3, 0.4) is 0 Å². The van der Waals surface area contributed by atoms with Crippen molar-refractivity contribution in [3.8, 4) is 0 Å². The minimum Gasteiger partial charge on any atom is -0.340 e. The van der Waals surface area contributed by atoms with Crippen LogP contribution in [0.15, 0.2) is 18.2 Å². The molecule has 1 aromatic heterocycles. The number of likely N-dealkylation sites (tertiary alicyclic amines) is 1. The van der Waals surface area contributed by atoms with Crippen molar-refractivity contribution in [2.45, 2.75) is 52.0 Å². The van der Waals surface area contributed by atoms with Crippen molar-refractivity contribution in [1.29, 1.82) is 0 Å². The first-order valence-electron chi connectivity index (χ1n) is 9.71. The normalized spacial score (nSPS) is 18.0. The number of unbranched alkanes of at least 4 members (excludes halogenated alkanes) is 1. The summed E-state index contributed by atoms with van der Waals surface area (Å²) in [7, 11) is 0. The van der Waals surface area contributed by atoms with E-state index >= 15 is 0 Å². The van der Waals surface area contributed by atoms with Gasteiger partial charge in [-0.15, -0.1) is 0 Å². The van der Waals surface area contributed by atoms with Gasteiger partial charge in [-0.25, -0.2) is 10.0 Å². The van der Waals surface area contributed by atoms with Crippen molar-refractivity contribution < 1.29 is 14.8 Å². The molecule has 27 heavy (non-hydrogen) atoms. The monoisotopic (exact) mass is 372 g/mol. The van der Waals surface area contributed by atoms with Crippen LogP contribution in [0, 0.1) is 12.8 Å². The summed E-state index contributed by atoms with van der Waals surface area (Å²) >= 11 is 0. The fourth-order valence-electron chi connectivity index (χ4n) is 3.86. The fourth-order valence-corrected chi connectivity index (χ4v) is 3.86. The molecule has 0 unspecified atom stereocenters. The van der Waals surface area contributed by atoms with Gasteiger partial charge in [0.25, 0.3) is 0 Å². The number of nitrogens with one attached hydrogen (secondary N) is 1. The van der Waals surface area contributed by atoms with Crippen molar-refractivity contribution in [3.63, 3.8) is 0 Å². The van der Waals surface area contributed by atoms with Gasteiger partial charge in [0.2, 0.25) is 12.3 Å². The van der Waals surface area contributed by atoms with Crippen LogP contribution in [-0.4, -0.2) is 50.5 Å². The topological polar surface area (TPSA) is 89.5 Å². The van der Waals surface area contributed by atoms with Crippen molar-refractivity contribution in [1.82, 2.24) is 19.9 Å². The minimum absolute atomic E-state index is 0.0107. The Morgan fingerprint density at radius 3 is 3.07 bits per heavy atom. The summed E-state index contributed by atoms with van der Waals surface area (Å²) in [4.78, 5) is 33.9. The standard InChI is InChI=1S/C20H28N4O3/c1-3-4-6-15(12-23(27)13-25)20(26)24-10-5-7-18(24)19-21-16-9-8-14(2)11-17(16)22-19/h8-9,11,13,15,18,27H,3-7,10,12H2,1-2H3,(H,21,22)/t15-,18-/m0/s1. The lowest BCUT2D eigenvalue weighted by molar-refractivity contribution is -0.157. The molecular weight excluding hydrogens is 344 g/mol. The van der Waals surface area contributed by atoms with Gasteiger partial charge >= 0.3 is 0 Å². The zero-order valence-electron chi connectivity index (χ0n) is 16.0. The van der Waals surface area contributed by atoms with Gasteiger partial charge in [-0.1, -0.05) is 25.8 Å². The Morgan fingerprint density at radius 1 is 1.52 bits per heavy atom. The number of aromatic amines is 1. The molecule has 2 aromatic rings. The fraction of sp³-hybridized carbons (Fsp3) is 0.550. The number of aromatic nitrogens is 2. The number of hydrogen-bond acceptors (Lipinski definition) is 4. The van der Waals surface area contributed by atoms with Crippen molar-refractivity contribution in [2.75, 3.05) is 13.1 Å².